The molecule has 0 radical (unpaired) electrons. The van der Waals surface area contributed by atoms with E-state index in [9.17, 15) is 0 Å². The van der Waals surface area contributed by atoms with Crippen molar-refractivity contribution in [2.24, 2.45) is 11.8 Å². The van der Waals surface area contributed by atoms with Gasteiger partial charge in [0.1, 0.15) is 0 Å². The lowest BCUT2D eigenvalue weighted by atomic mass is 10.1. The molecule has 0 nitrogen and oxygen atoms in total. The van der Waals surface area contributed by atoms with Crippen molar-refractivity contribution in [2.75, 3.05) is 0 Å². The summed E-state index contributed by atoms with van der Waals surface area (Å²) in [5.41, 5.74) is 6.84. The summed E-state index contributed by atoms with van der Waals surface area (Å²) in [6, 6.07) is 0. The van der Waals surface area contributed by atoms with Crippen LogP contribution in [-0.4, -0.2) is 8.07 Å². The van der Waals surface area contributed by atoms with E-state index >= 15 is 0 Å². The summed E-state index contributed by atoms with van der Waals surface area (Å²) in [6.07, 6.45) is 4.47. The van der Waals surface area contributed by atoms with Crippen molar-refractivity contribution in [3.05, 3.63) is 0 Å². The van der Waals surface area contributed by atoms with Gasteiger partial charge in [-0.3, -0.25) is 0 Å². The van der Waals surface area contributed by atoms with Gasteiger partial charge < -0.3 is 0 Å². The number of hydrogen-bond acceptors (Lipinski definition) is 0. The molecule has 0 saturated heterocycles. The van der Waals surface area contributed by atoms with Crippen LogP contribution in [0, 0.1) is 34.8 Å². The molecule has 0 aromatic heterocycles. The van der Waals surface area contributed by atoms with Crippen molar-refractivity contribution >= 4 is 8.07 Å². The highest BCUT2D eigenvalue weighted by molar-refractivity contribution is 6.92. The second-order valence-electron chi connectivity index (χ2n) is 6.09. The smallest absolute Gasteiger partial charge is 0.116 e. The van der Waals surface area contributed by atoms with Crippen LogP contribution in [0.4, 0.5) is 0 Å². The standard InChI is InChI=1S/C16H28Si/c1-15(2)11-7-9-13-17(5,6)14-10-8-12-16(3)4/h15-16H,7-8,11-12H2,1-6H3. The number of rotatable bonds is 4. The summed E-state index contributed by atoms with van der Waals surface area (Å²) in [6.45, 7) is 13.5. The minimum Gasteiger partial charge on any atom is -0.116 e. The molecule has 0 heterocycles. The van der Waals surface area contributed by atoms with Gasteiger partial charge in [0, 0.05) is 12.8 Å². The average molecular weight is 248 g/mol. The van der Waals surface area contributed by atoms with E-state index in [-0.39, 0.29) is 0 Å². The summed E-state index contributed by atoms with van der Waals surface area (Å²) in [7, 11) is -1.57. The van der Waals surface area contributed by atoms with E-state index in [1.807, 2.05) is 0 Å². The fourth-order valence-corrected chi connectivity index (χ4v) is 2.52. The van der Waals surface area contributed by atoms with E-state index in [4.69, 9.17) is 0 Å². The predicted molar refractivity (Wildman–Crippen MR) is 81.2 cm³/mol. The fourth-order valence-electron chi connectivity index (χ4n) is 1.32. The van der Waals surface area contributed by atoms with Crippen LogP contribution in [0.2, 0.25) is 13.1 Å². The summed E-state index contributed by atoms with van der Waals surface area (Å²) >= 11 is 0. The Hall–Kier alpha value is -0.663. The molecule has 0 aromatic rings. The SMILES string of the molecule is CC(C)CCC#C[Si](C)(C)C#CCCC(C)C. The Morgan fingerprint density at radius 1 is 0.765 bits per heavy atom. The molecule has 0 aliphatic rings. The second kappa shape index (κ2) is 8.43. The normalized spacial score (nSPS) is 10.8. The molecule has 1 heteroatoms. The van der Waals surface area contributed by atoms with Gasteiger partial charge in [-0.2, -0.15) is 0 Å². The first-order chi connectivity index (χ1) is 7.83. The Labute approximate surface area is 110 Å². The first-order valence-electron chi connectivity index (χ1n) is 6.83. The summed E-state index contributed by atoms with van der Waals surface area (Å²) < 4.78 is 0. The zero-order valence-corrected chi connectivity index (χ0v) is 13.5. The largest absolute Gasteiger partial charge is 0.210 e. The molecule has 0 fully saturated rings. The van der Waals surface area contributed by atoms with Crippen molar-refractivity contribution in [3.8, 4) is 22.9 Å². The molecule has 0 aliphatic carbocycles. The molecular weight excluding hydrogens is 220 g/mol. The van der Waals surface area contributed by atoms with Gasteiger partial charge in [0.15, 0.2) is 0 Å². The molecule has 0 spiro atoms. The third kappa shape index (κ3) is 11.6. The van der Waals surface area contributed by atoms with E-state index in [0.717, 1.165) is 24.7 Å². The Morgan fingerprint density at radius 3 is 1.41 bits per heavy atom. The van der Waals surface area contributed by atoms with E-state index in [1.54, 1.807) is 0 Å². The molecule has 96 valence electrons. The lowest BCUT2D eigenvalue weighted by Crippen LogP contribution is -2.20. The van der Waals surface area contributed by atoms with Gasteiger partial charge in [-0.15, -0.1) is 22.9 Å². The Bertz CT molecular complexity index is 283. The second-order valence-corrected chi connectivity index (χ2v) is 9.84. The molecule has 17 heavy (non-hydrogen) atoms. The summed E-state index contributed by atoms with van der Waals surface area (Å²) in [4.78, 5) is 0. The van der Waals surface area contributed by atoms with Gasteiger partial charge in [-0.1, -0.05) is 27.7 Å². The molecule has 0 aliphatic heterocycles. The Morgan fingerprint density at radius 2 is 1.12 bits per heavy atom. The van der Waals surface area contributed by atoms with Gasteiger partial charge in [-0.25, -0.2) is 0 Å². The monoisotopic (exact) mass is 248 g/mol. The molecule has 0 rings (SSSR count). The molecular formula is C16H28Si. The van der Waals surface area contributed by atoms with Crippen molar-refractivity contribution in [1.29, 1.82) is 0 Å². The van der Waals surface area contributed by atoms with Crippen LogP contribution in [0.15, 0.2) is 0 Å². The van der Waals surface area contributed by atoms with Crippen LogP contribution in [-0.2, 0) is 0 Å². The quantitative estimate of drug-likeness (QED) is 0.502. The molecule has 0 aromatic carbocycles. The highest BCUT2D eigenvalue weighted by Gasteiger charge is 2.13. The summed E-state index contributed by atoms with van der Waals surface area (Å²) in [5.74, 6) is 8.14. The minimum atomic E-state index is -1.57. The van der Waals surface area contributed by atoms with Crippen LogP contribution >= 0.6 is 0 Å². The van der Waals surface area contributed by atoms with E-state index in [1.165, 1.54) is 12.8 Å². The van der Waals surface area contributed by atoms with Gasteiger partial charge in [0.05, 0.1) is 0 Å². The zero-order valence-electron chi connectivity index (χ0n) is 12.5. The number of hydrogen-bond donors (Lipinski definition) is 0. The maximum atomic E-state index is 3.42. The fraction of sp³-hybridized carbons (Fsp3) is 0.750. The van der Waals surface area contributed by atoms with Gasteiger partial charge in [0.2, 0.25) is 8.07 Å². The van der Waals surface area contributed by atoms with Crippen LogP contribution in [0.1, 0.15) is 53.4 Å². The van der Waals surface area contributed by atoms with Crippen LogP contribution in [0.3, 0.4) is 0 Å². The maximum absolute atomic E-state index is 3.42. The molecule has 0 amide bonds. The van der Waals surface area contributed by atoms with E-state index in [2.05, 4.69) is 63.7 Å². The van der Waals surface area contributed by atoms with Gasteiger partial charge >= 0.3 is 0 Å². The molecule has 0 saturated carbocycles. The van der Waals surface area contributed by atoms with E-state index < -0.39 is 8.07 Å². The third-order valence-electron chi connectivity index (χ3n) is 2.50. The van der Waals surface area contributed by atoms with Crippen molar-refractivity contribution in [1.82, 2.24) is 0 Å². The van der Waals surface area contributed by atoms with Crippen LogP contribution in [0.25, 0.3) is 0 Å². The topological polar surface area (TPSA) is 0 Å². The Kier molecular flexibility index (Phi) is 8.10. The lowest BCUT2D eigenvalue weighted by Gasteiger charge is -2.05. The molecule has 0 N–H and O–H groups in total. The van der Waals surface area contributed by atoms with Gasteiger partial charge in [-0.05, 0) is 37.8 Å². The summed E-state index contributed by atoms with van der Waals surface area (Å²) in [5, 5.41) is 0. The Balaban J connectivity index is 4.09. The van der Waals surface area contributed by atoms with E-state index in [0.29, 0.717) is 0 Å². The highest BCUT2D eigenvalue weighted by Crippen LogP contribution is 2.05. The van der Waals surface area contributed by atoms with Crippen LogP contribution < -0.4 is 0 Å². The van der Waals surface area contributed by atoms with Crippen molar-refractivity contribution in [2.45, 2.75) is 66.5 Å². The van der Waals surface area contributed by atoms with Crippen molar-refractivity contribution in [3.63, 3.8) is 0 Å². The van der Waals surface area contributed by atoms with Crippen LogP contribution in [0.5, 0.6) is 0 Å². The first-order valence-corrected chi connectivity index (χ1v) is 9.83. The highest BCUT2D eigenvalue weighted by atomic mass is 28.3. The maximum Gasteiger partial charge on any atom is 0.210 e. The average Bonchev–Trinajstić information content (AvgIpc) is 2.19. The zero-order chi connectivity index (χ0) is 13.3. The van der Waals surface area contributed by atoms with Crippen molar-refractivity contribution < 1.29 is 0 Å². The first kappa shape index (κ1) is 16.3. The lowest BCUT2D eigenvalue weighted by molar-refractivity contribution is 0.600. The molecule has 0 unspecified atom stereocenters. The molecule has 0 bridgehead atoms. The molecule has 0 atom stereocenters. The predicted octanol–water partition coefficient (Wildman–Crippen LogP) is 4.65. The third-order valence-corrected chi connectivity index (χ3v) is 4.10. The minimum absolute atomic E-state index is 0.756. The van der Waals surface area contributed by atoms with Gasteiger partial charge in [0.25, 0.3) is 0 Å².